The molecule has 0 fully saturated rings. The summed E-state index contributed by atoms with van der Waals surface area (Å²) in [6.07, 6.45) is 1.04. The van der Waals surface area contributed by atoms with Crippen LogP contribution < -0.4 is 5.32 Å². The number of amides is 1. The molecule has 0 unspecified atom stereocenters. The molecule has 1 aromatic heterocycles. The Morgan fingerprint density at radius 3 is 2.83 bits per heavy atom. The Bertz CT molecular complexity index is 701. The van der Waals surface area contributed by atoms with Gasteiger partial charge in [0.25, 0.3) is 0 Å². The number of carbonyl (C=O) groups excluding carboxylic acids is 2. The molecule has 1 aromatic carbocycles. The monoisotopic (exact) mass is 364 g/mol. The van der Waals surface area contributed by atoms with Crippen molar-refractivity contribution in [1.82, 2.24) is 4.98 Å². The first-order valence-electron chi connectivity index (χ1n) is 7.73. The minimum Gasteiger partial charge on any atom is -0.466 e. The van der Waals surface area contributed by atoms with Crippen LogP contribution in [0.3, 0.4) is 0 Å². The normalized spacial score (nSPS) is 10.4. The number of ether oxygens (including phenoxy) is 1. The summed E-state index contributed by atoms with van der Waals surface area (Å²) in [6, 6.07) is 7.78. The Morgan fingerprint density at radius 1 is 1.29 bits per heavy atom. The fraction of sp³-hybridized carbons (Fsp3) is 0.353. The number of hydrogen-bond acceptors (Lipinski definition) is 6. The van der Waals surface area contributed by atoms with Crippen LogP contribution in [-0.2, 0) is 27.2 Å². The van der Waals surface area contributed by atoms with Gasteiger partial charge >= 0.3 is 5.97 Å². The molecular weight excluding hydrogens is 344 g/mol. The van der Waals surface area contributed by atoms with Crippen molar-refractivity contribution in [3.05, 3.63) is 40.9 Å². The van der Waals surface area contributed by atoms with Crippen molar-refractivity contribution in [1.29, 1.82) is 0 Å². The summed E-state index contributed by atoms with van der Waals surface area (Å²) in [5.74, 6) is -0.0685. The van der Waals surface area contributed by atoms with Crippen molar-refractivity contribution < 1.29 is 14.3 Å². The second-order valence-electron chi connectivity index (χ2n) is 4.93. The average Bonchev–Trinajstić information content (AvgIpc) is 3.01. The van der Waals surface area contributed by atoms with Gasteiger partial charge in [-0.15, -0.1) is 11.3 Å². The zero-order chi connectivity index (χ0) is 17.4. The number of rotatable bonds is 8. The molecule has 0 saturated heterocycles. The lowest BCUT2D eigenvalue weighted by Crippen LogP contribution is -2.15. The summed E-state index contributed by atoms with van der Waals surface area (Å²) in [5.41, 5.74) is 2.65. The number of aryl methyl sites for hydroxylation is 1. The van der Waals surface area contributed by atoms with Gasteiger partial charge in [0.05, 0.1) is 24.5 Å². The number of anilines is 1. The van der Waals surface area contributed by atoms with Gasteiger partial charge in [-0.25, -0.2) is 4.98 Å². The number of thiazole rings is 1. The number of carbonyl (C=O) groups is 2. The highest BCUT2D eigenvalue weighted by Gasteiger charge is 2.11. The Kier molecular flexibility index (Phi) is 7.27. The van der Waals surface area contributed by atoms with E-state index in [1.54, 1.807) is 6.92 Å². The summed E-state index contributed by atoms with van der Waals surface area (Å²) in [6.45, 7) is 4.19. The predicted molar refractivity (Wildman–Crippen MR) is 97.6 cm³/mol. The Balaban J connectivity index is 1.84. The van der Waals surface area contributed by atoms with Gasteiger partial charge in [0, 0.05) is 11.1 Å². The van der Waals surface area contributed by atoms with E-state index in [1.807, 2.05) is 29.6 Å². The van der Waals surface area contributed by atoms with Crippen LogP contribution in [-0.4, -0.2) is 29.2 Å². The molecule has 0 aliphatic rings. The number of esters is 1. The van der Waals surface area contributed by atoms with Crippen molar-refractivity contribution in [2.24, 2.45) is 0 Å². The number of nitrogens with one attached hydrogen (secondary N) is 1. The molecule has 0 saturated carbocycles. The van der Waals surface area contributed by atoms with E-state index in [0.717, 1.165) is 22.0 Å². The second-order valence-corrected chi connectivity index (χ2v) is 7.01. The quantitative estimate of drug-likeness (QED) is 0.573. The van der Waals surface area contributed by atoms with E-state index in [0.29, 0.717) is 12.3 Å². The molecule has 1 N–H and O–H groups in total. The fourth-order valence-electron chi connectivity index (χ4n) is 2.06. The second kappa shape index (κ2) is 9.44. The molecule has 1 amide bonds. The van der Waals surface area contributed by atoms with Crippen molar-refractivity contribution in [3.63, 3.8) is 0 Å². The number of para-hydroxylation sites is 1. The summed E-state index contributed by atoms with van der Waals surface area (Å²) < 4.78 is 5.67. The third-order valence-electron chi connectivity index (χ3n) is 3.16. The number of thioether (sulfide) groups is 1. The van der Waals surface area contributed by atoms with Crippen LogP contribution in [0, 0.1) is 0 Å². The zero-order valence-corrected chi connectivity index (χ0v) is 15.3. The van der Waals surface area contributed by atoms with Crippen molar-refractivity contribution in [2.75, 3.05) is 17.7 Å². The van der Waals surface area contributed by atoms with Crippen molar-refractivity contribution >= 4 is 40.7 Å². The first-order valence-corrected chi connectivity index (χ1v) is 9.59. The maximum absolute atomic E-state index is 12.1. The number of hydrogen-bond donors (Lipinski definition) is 1. The van der Waals surface area contributed by atoms with Crippen molar-refractivity contribution in [2.45, 2.75) is 31.0 Å². The van der Waals surface area contributed by atoms with Crippen LogP contribution in [0.4, 0.5) is 5.69 Å². The molecular formula is C17H20N2O3S2. The number of nitrogens with zero attached hydrogens (tertiary/aromatic N) is 1. The third-order valence-corrected chi connectivity index (χ3v) is 5.23. The highest BCUT2D eigenvalue weighted by atomic mass is 32.2. The van der Waals surface area contributed by atoms with Gasteiger partial charge in [-0.1, -0.05) is 36.9 Å². The Labute approximate surface area is 149 Å². The lowest BCUT2D eigenvalue weighted by atomic mass is 10.1. The highest BCUT2D eigenvalue weighted by Crippen LogP contribution is 2.23. The molecule has 7 heteroatoms. The van der Waals surface area contributed by atoms with Gasteiger partial charge in [0.2, 0.25) is 5.91 Å². The van der Waals surface area contributed by atoms with Crippen LogP contribution in [0.5, 0.6) is 0 Å². The molecule has 0 bridgehead atoms. The van der Waals surface area contributed by atoms with E-state index >= 15 is 0 Å². The Hall–Kier alpha value is -1.86. The molecule has 0 radical (unpaired) electrons. The minimum atomic E-state index is -0.284. The largest absolute Gasteiger partial charge is 0.466 e. The first kappa shape index (κ1) is 18.5. The SMILES string of the molecule is CCOC(=O)Cc1csc(SCC(=O)Nc2ccccc2CC)n1. The number of benzene rings is 1. The molecule has 1 heterocycles. The maximum atomic E-state index is 12.1. The zero-order valence-electron chi connectivity index (χ0n) is 13.7. The standard InChI is InChI=1S/C17H20N2O3S2/c1-3-12-7-5-6-8-14(12)19-15(20)11-24-17-18-13(10-23-17)9-16(21)22-4-2/h5-8,10H,3-4,9,11H2,1-2H3,(H,19,20). The predicted octanol–water partition coefficient (Wildman–Crippen LogP) is 3.54. The van der Waals surface area contributed by atoms with Gasteiger partial charge in [0.15, 0.2) is 4.34 Å². The molecule has 0 aliphatic carbocycles. The third kappa shape index (κ3) is 5.65. The minimum absolute atomic E-state index is 0.0666. The molecule has 0 atom stereocenters. The molecule has 128 valence electrons. The maximum Gasteiger partial charge on any atom is 0.311 e. The topological polar surface area (TPSA) is 68.3 Å². The lowest BCUT2D eigenvalue weighted by Gasteiger charge is -2.08. The van der Waals surface area contributed by atoms with Gasteiger partial charge < -0.3 is 10.1 Å². The molecule has 2 aromatic rings. The molecule has 0 spiro atoms. The Morgan fingerprint density at radius 2 is 2.08 bits per heavy atom. The van der Waals surface area contributed by atoms with Gasteiger partial charge in [-0.05, 0) is 25.0 Å². The molecule has 24 heavy (non-hydrogen) atoms. The van der Waals surface area contributed by atoms with Gasteiger partial charge in [0.1, 0.15) is 0 Å². The first-order chi connectivity index (χ1) is 11.6. The van der Waals surface area contributed by atoms with Gasteiger partial charge in [-0.3, -0.25) is 9.59 Å². The van der Waals surface area contributed by atoms with Crippen LogP contribution in [0.1, 0.15) is 25.1 Å². The van der Waals surface area contributed by atoms with Crippen molar-refractivity contribution in [3.8, 4) is 0 Å². The highest BCUT2D eigenvalue weighted by molar-refractivity contribution is 8.01. The molecule has 5 nitrogen and oxygen atoms in total. The van der Waals surface area contributed by atoms with E-state index < -0.39 is 0 Å². The van der Waals surface area contributed by atoms with Crippen LogP contribution >= 0.6 is 23.1 Å². The van der Waals surface area contributed by atoms with E-state index in [1.165, 1.54) is 23.1 Å². The van der Waals surface area contributed by atoms with E-state index in [9.17, 15) is 9.59 Å². The summed E-state index contributed by atoms with van der Waals surface area (Å²) in [7, 11) is 0. The van der Waals surface area contributed by atoms with Crippen LogP contribution in [0.15, 0.2) is 34.0 Å². The summed E-state index contributed by atoms with van der Waals surface area (Å²) in [5, 5.41) is 4.75. The van der Waals surface area contributed by atoms with E-state index in [4.69, 9.17) is 4.74 Å². The van der Waals surface area contributed by atoms with Crippen LogP contribution in [0.25, 0.3) is 0 Å². The average molecular weight is 364 g/mol. The van der Waals surface area contributed by atoms with E-state index in [2.05, 4.69) is 17.2 Å². The summed E-state index contributed by atoms with van der Waals surface area (Å²) in [4.78, 5) is 27.9. The molecule has 0 aliphatic heterocycles. The smallest absolute Gasteiger partial charge is 0.311 e. The fourth-order valence-corrected chi connectivity index (χ4v) is 3.70. The summed E-state index contributed by atoms with van der Waals surface area (Å²) >= 11 is 2.80. The number of aromatic nitrogens is 1. The lowest BCUT2D eigenvalue weighted by molar-refractivity contribution is -0.142. The van der Waals surface area contributed by atoms with Crippen LogP contribution in [0.2, 0.25) is 0 Å². The van der Waals surface area contributed by atoms with E-state index in [-0.39, 0.29) is 24.1 Å². The molecule has 2 rings (SSSR count). The van der Waals surface area contributed by atoms with Gasteiger partial charge in [-0.2, -0.15) is 0 Å².